The standard InChI is InChI=1S/C29H36N4S/c1-4-7-18-33(19-8-5-2)28-21-26(34-25-12-10-9-11-13-25)14-15-27(28)29(22-30,16-6-3)23-32-20-17-31-24-32/h6,9-15,17,20-21,24H,3-5,7-8,16,18-19,23H2,1-2H3. The molecule has 0 fully saturated rings. The largest absolute Gasteiger partial charge is 0.371 e. The maximum atomic E-state index is 10.6. The molecule has 0 saturated heterocycles. The van der Waals surface area contributed by atoms with Gasteiger partial charge in [-0.25, -0.2) is 4.98 Å². The van der Waals surface area contributed by atoms with Crippen molar-refractivity contribution in [2.45, 2.75) is 67.7 Å². The summed E-state index contributed by atoms with van der Waals surface area (Å²) < 4.78 is 2.01. The zero-order valence-corrected chi connectivity index (χ0v) is 21.3. The average molecular weight is 473 g/mol. The van der Waals surface area contributed by atoms with Crippen molar-refractivity contribution in [1.82, 2.24) is 9.55 Å². The molecule has 1 aromatic heterocycles. The lowest BCUT2D eigenvalue weighted by Crippen LogP contribution is -2.34. The lowest BCUT2D eigenvalue weighted by Gasteiger charge is -2.34. The Labute approximate surface area is 209 Å². The molecule has 3 aromatic rings. The summed E-state index contributed by atoms with van der Waals surface area (Å²) in [6, 6.07) is 19.8. The highest BCUT2D eigenvalue weighted by molar-refractivity contribution is 7.99. The van der Waals surface area contributed by atoms with Crippen LogP contribution >= 0.6 is 11.8 Å². The summed E-state index contributed by atoms with van der Waals surface area (Å²) in [4.78, 5) is 9.11. The molecule has 0 N–H and O–H groups in total. The van der Waals surface area contributed by atoms with Crippen LogP contribution in [0.5, 0.6) is 0 Å². The second kappa shape index (κ2) is 13.1. The lowest BCUT2D eigenvalue weighted by atomic mass is 9.77. The van der Waals surface area contributed by atoms with E-state index >= 15 is 0 Å². The Bertz CT molecular complexity index is 1050. The maximum Gasteiger partial charge on any atom is 0.105 e. The van der Waals surface area contributed by atoms with Crippen molar-refractivity contribution >= 4 is 17.4 Å². The van der Waals surface area contributed by atoms with Crippen molar-refractivity contribution < 1.29 is 0 Å². The van der Waals surface area contributed by atoms with Crippen LogP contribution < -0.4 is 4.90 Å². The van der Waals surface area contributed by atoms with Gasteiger partial charge in [-0.15, -0.1) is 6.58 Å². The van der Waals surface area contributed by atoms with E-state index in [0.717, 1.165) is 44.3 Å². The lowest BCUT2D eigenvalue weighted by molar-refractivity contribution is 0.459. The van der Waals surface area contributed by atoms with Crippen LogP contribution in [0.1, 0.15) is 51.5 Å². The first-order valence-corrected chi connectivity index (χ1v) is 13.1. The number of rotatable bonds is 14. The van der Waals surface area contributed by atoms with E-state index in [9.17, 15) is 5.26 Å². The molecule has 0 bridgehead atoms. The molecule has 0 aliphatic heterocycles. The molecular weight excluding hydrogens is 436 g/mol. The fourth-order valence-electron chi connectivity index (χ4n) is 4.26. The van der Waals surface area contributed by atoms with Crippen LogP contribution in [0.3, 0.4) is 0 Å². The van der Waals surface area contributed by atoms with E-state index in [0.29, 0.717) is 13.0 Å². The van der Waals surface area contributed by atoms with Crippen molar-refractivity contribution in [2.75, 3.05) is 18.0 Å². The Kier molecular flexibility index (Phi) is 9.85. The van der Waals surface area contributed by atoms with Crippen LogP contribution in [-0.2, 0) is 12.0 Å². The van der Waals surface area contributed by atoms with Gasteiger partial charge in [0.2, 0.25) is 0 Å². The third-order valence-corrected chi connectivity index (χ3v) is 7.08. The molecule has 5 heteroatoms. The third kappa shape index (κ3) is 6.55. The molecule has 3 rings (SSSR count). The molecule has 0 aliphatic rings. The van der Waals surface area contributed by atoms with Gasteiger partial charge in [-0.1, -0.05) is 68.8 Å². The summed E-state index contributed by atoms with van der Waals surface area (Å²) in [7, 11) is 0. The van der Waals surface area contributed by atoms with Crippen molar-refractivity contribution in [2.24, 2.45) is 0 Å². The second-order valence-electron chi connectivity index (χ2n) is 8.71. The Hall–Kier alpha value is -2.97. The Balaban J connectivity index is 2.12. The van der Waals surface area contributed by atoms with Crippen LogP contribution in [0, 0.1) is 11.3 Å². The summed E-state index contributed by atoms with van der Waals surface area (Å²) >= 11 is 1.77. The number of allylic oxidation sites excluding steroid dienone is 1. The zero-order chi connectivity index (χ0) is 24.2. The topological polar surface area (TPSA) is 44.9 Å². The monoisotopic (exact) mass is 472 g/mol. The van der Waals surface area contributed by atoms with E-state index < -0.39 is 5.41 Å². The van der Waals surface area contributed by atoms with E-state index in [-0.39, 0.29) is 0 Å². The Morgan fingerprint density at radius 3 is 2.41 bits per heavy atom. The Morgan fingerprint density at radius 1 is 1.09 bits per heavy atom. The van der Waals surface area contributed by atoms with Gasteiger partial charge in [0.05, 0.1) is 12.4 Å². The summed E-state index contributed by atoms with van der Waals surface area (Å²) in [6.45, 7) is 11.0. The minimum atomic E-state index is -0.718. The number of imidazole rings is 1. The van der Waals surface area contributed by atoms with Gasteiger partial charge < -0.3 is 9.47 Å². The molecule has 1 unspecified atom stereocenters. The summed E-state index contributed by atoms with van der Waals surface area (Å²) in [6.07, 6.45) is 12.5. The zero-order valence-electron chi connectivity index (χ0n) is 20.5. The second-order valence-corrected chi connectivity index (χ2v) is 9.86. The van der Waals surface area contributed by atoms with E-state index in [2.05, 4.69) is 78.8 Å². The molecule has 2 aromatic carbocycles. The molecule has 0 amide bonds. The smallest absolute Gasteiger partial charge is 0.105 e. The number of hydrogen-bond donors (Lipinski definition) is 0. The fourth-order valence-corrected chi connectivity index (χ4v) is 5.13. The van der Waals surface area contributed by atoms with E-state index in [1.54, 1.807) is 24.3 Å². The molecule has 34 heavy (non-hydrogen) atoms. The number of hydrogen-bond acceptors (Lipinski definition) is 4. The molecule has 0 spiro atoms. The highest BCUT2D eigenvalue weighted by Gasteiger charge is 2.35. The van der Waals surface area contributed by atoms with Gasteiger partial charge in [0.1, 0.15) is 5.41 Å². The fraction of sp³-hybridized carbons (Fsp3) is 0.379. The molecular formula is C29H36N4S. The average Bonchev–Trinajstić information content (AvgIpc) is 3.37. The maximum absolute atomic E-state index is 10.6. The first-order valence-electron chi connectivity index (χ1n) is 12.3. The third-order valence-electron chi connectivity index (χ3n) is 6.09. The minimum absolute atomic E-state index is 0.545. The number of nitriles is 1. The van der Waals surface area contributed by atoms with Crippen LogP contribution in [0.4, 0.5) is 5.69 Å². The van der Waals surface area contributed by atoms with Crippen molar-refractivity contribution in [3.05, 3.63) is 85.5 Å². The normalized spacial score (nSPS) is 12.6. The molecule has 0 aliphatic carbocycles. The summed E-state index contributed by atoms with van der Waals surface area (Å²) in [5, 5.41) is 10.6. The van der Waals surface area contributed by atoms with Gasteiger partial charge in [0.25, 0.3) is 0 Å². The van der Waals surface area contributed by atoms with Gasteiger partial charge in [-0.2, -0.15) is 5.26 Å². The van der Waals surface area contributed by atoms with Gasteiger partial charge in [-0.05, 0) is 49.1 Å². The Morgan fingerprint density at radius 2 is 1.82 bits per heavy atom. The van der Waals surface area contributed by atoms with Crippen LogP contribution in [0.2, 0.25) is 0 Å². The SMILES string of the molecule is C=CCC(C#N)(Cn1ccnc1)c1ccc(Sc2ccccc2)cc1N(CCCC)CCCC. The van der Waals surface area contributed by atoms with Gasteiger partial charge >= 0.3 is 0 Å². The van der Waals surface area contributed by atoms with Crippen LogP contribution in [0.25, 0.3) is 0 Å². The molecule has 1 atom stereocenters. The van der Waals surface area contributed by atoms with Gasteiger partial charge in [0.15, 0.2) is 0 Å². The highest BCUT2D eigenvalue weighted by atomic mass is 32.2. The van der Waals surface area contributed by atoms with Crippen molar-refractivity contribution in [1.29, 1.82) is 5.26 Å². The van der Waals surface area contributed by atoms with E-state index in [4.69, 9.17) is 0 Å². The molecule has 178 valence electrons. The number of nitrogens with zero attached hydrogens (tertiary/aromatic N) is 4. The first kappa shape index (κ1) is 25.6. The predicted octanol–water partition coefficient (Wildman–Crippen LogP) is 7.48. The van der Waals surface area contributed by atoms with E-state index in [1.165, 1.54) is 15.5 Å². The molecule has 4 nitrogen and oxygen atoms in total. The molecule has 0 saturated carbocycles. The number of unbranched alkanes of at least 4 members (excludes halogenated alkanes) is 2. The van der Waals surface area contributed by atoms with Crippen molar-refractivity contribution in [3.63, 3.8) is 0 Å². The quantitative estimate of drug-likeness (QED) is 0.228. The summed E-state index contributed by atoms with van der Waals surface area (Å²) in [5.74, 6) is 0. The van der Waals surface area contributed by atoms with Gasteiger partial charge in [-0.3, -0.25) is 0 Å². The van der Waals surface area contributed by atoms with Crippen LogP contribution in [-0.4, -0.2) is 22.6 Å². The molecule has 1 heterocycles. The van der Waals surface area contributed by atoms with E-state index in [1.807, 2.05) is 22.9 Å². The highest BCUT2D eigenvalue weighted by Crippen LogP contribution is 2.40. The number of anilines is 1. The van der Waals surface area contributed by atoms with Crippen molar-refractivity contribution in [3.8, 4) is 6.07 Å². The summed E-state index contributed by atoms with van der Waals surface area (Å²) in [5.41, 5.74) is 1.53. The first-order chi connectivity index (χ1) is 16.7. The van der Waals surface area contributed by atoms with Gasteiger partial charge in [0, 0.05) is 47.5 Å². The number of aromatic nitrogens is 2. The minimum Gasteiger partial charge on any atom is -0.371 e. The molecule has 0 radical (unpaired) electrons. The predicted molar refractivity (Wildman–Crippen MR) is 143 cm³/mol. The van der Waals surface area contributed by atoms with Crippen LogP contribution in [0.15, 0.2) is 89.7 Å². The number of benzene rings is 2.